The first-order chi connectivity index (χ1) is 8.12. The molecule has 1 heterocycles. The van der Waals surface area contributed by atoms with Crippen molar-refractivity contribution in [3.63, 3.8) is 0 Å². The monoisotopic (exact) mass is 238 g/mol. The summed E-state index contributed by atoms with van der Waals surface area (Å²) < 4.78 is 4.85. The Hall–Kier alpha value is -1.98. The molecule has 17 heavy (non-hydrogen) atoms. The number of carboxylic acids is 1. The number of nitrogens with one attached hydrogen (secondary N) is 2. The topological polar surface area (TPSA) is 91.6 Å². The van der Waals surface area contributed by atoms with Gasteiger partial charge in [0.15, 0.2) is 0 Å². The minimum atomic E-state index is -1.07. The van der Waals surface area contributed by atoms with Crippen LogP contribution in [0.5, 0.6) is 0 Å². The Labute approximate surface area is 98.0 Å². The van der Waals surface area contributed by atoms with E-state index in [1.165, 1.54) is 12.5 Å². The Morgan fingerprint density at radius 1 is 1.47 bits per heavy atom. The second-order valence-electron chi connectivity index (χ2n) is 4.18. The van der Waals surface area contributed by atoms with Crippen molar-refractivity contribution in [2.75, 3.05) is 0 Å². The number of aliphatic carboxylic acids is 1. The molecule has 0 aromatic carbocycles. The van der Waals surface area contributed by atoms with Gasteiger partial charge in [0.1, 0.15) is 5.54 Å². The summed E-state index contributed by atoms with van der Waals surface area (Å²) in [6.07, 6.45) is 4.84. The van der Waals surface area contributed by atoms with Crippen LogP contribution < -0.4 is 10.6 Å². The van der Waals surface area contributed by atoms with E-state index in [9.17, 15) is 9.59 Å². The van der Waals surface area contributed by atoms with E-state index < -0.39 is 17.5 Å². The van der Waals surface area contributed by atoms with Crippen LogP contribution in [0.25, 0.3) is 0 Å². The van der Waals surface area contributed by atoms with E-state index in [0.29, 0.717) is 19.4 Å². The number of furan rings is 1. The van der Waals surface area contributed by atoms with Crippen LogP contribution in [0.15, 0.2) is 23.0 Å². The highest BCUT2D eigenvalue weighted by molar-refractivity contribution is 5.87. The van der Waals surface area contributed by atoms with E-state index in [2.05, 4.69) is 10.6 Å². The summed E-state index contributed by atoms with van der Waals surface area (Å²) in [4.78, 5) is 22.5. The molecule has 0 bridgehead atoms. The molecule has 1 aliphatic rings. The van der Waals surface area contributed by atoms with Gasteiger partial charge in [-0.1, -0.05) is 0 Å². The normalized spacial score (nSPS) is 16.9. The van der Waals surface area contributed by atoms with Crippen LogP contribution >= 0.6 is 0 Å². The van der Waals surface area contributed by atoms with Gasteiger partial charge in [-0.15, -0.1) is 0 Å². The largest absolute Gasteiger partial charge is 0.480 e. The lowest BCUT2D eigenvalue weighted by Gasteiger charge is -2.38. The van der Waals surface area contributed by atoms with Gasteiger partial charge in [0, 0.05) is 12.1 Å². The highest BCUT2D eigenvalue weighted by Crippen LogP contribution is 2.31. The number of hydrogen-bond acceptors (Lipinski definition) is 3. The lowest BCUT2D eigenvalue weighted by molar-refractivity contribution is -0.148. The molecule has 0 saturated heterocycles. The summed E-state index contributed by atoms with van der Waals surface area (Å²) in [5, 5.41) is 14.1. The van der Waals surface area contributed by atoms with Gasteiger partial charge in [-0.25, -0.2) is 9.59 Å². The molecule has 1 saturated carbocycles. The van der Waals surface area contributed by atoms with E-state index in [-0.39, 0.29) is 0 Å². The highest BCUT2D eigenvalue weighted by Gasteiger charge is 2.45. The van der Waals surface area contributed by atoms with E-state index in [1.807, 2.05) is 0 Å². The Balaban J connectivity index is 1.83. The molecule has 1 aliphatic carbocycles. The van der Waals surface area contributed by atoms with Crippen molar-refractivity contribution < 1.29 is 19.1 Å². The third-order valence-corrected chi connectivity index (χ3v) is 3.00. The van der Waals surface area contributed by atoms with Gasteiger partial charge in [-0.3, -0.25) is 0 Å². The smallest absolute Gasteiger partial charge is 0.329 e. The predicted molar refractivity (Wildman–Crippen MR) is 58.3 cm³/mol. The third kappa shape index (κ3) is 2.41. The van der Waals surface area contributed by atoms with Gasteiger partial charge in [0.25, 0.3) is 0 Å². The lowest BCUT2D eigenvalue weighted by Crippen LogP contribution is -2.61. The first kappa shape index (κ1) is 11.5. The van der Waals surface area contributed by atoms with Crippen molar-refractivity contribution in [2.45, 2.75) is 31.3 Å². The van der Waals surface area contributed by atoms with Crippen LogP contribution in [-0.2, 0) is 11.3 Å². The molecule has 0 radical (unpaired) electrons. The summed E-state index contributed by atoms with van der Waals surface area (Å²) in [6.45, 7) is 0.317. The molecule has 1 fully saturated rings. The van der Waals surface area contributed by atoms with Crippen molar-refractivity contribution in [3.05, 3.63) is 24.2 Å². The van der Waals surface area contributed by atoms with Crippen molar-refractivity contribution in [1.29, 1.82) is 0 Å². The molecule has 1 aromatic rings. The second kappa shape index (κ2) is 4.48. The maximum absolute atomic E-state index is 11.5. The molecule has 6 heteroatoms. The van der Waals surface area contributed by atoms with Gasteiger partial charge in [-0.2, -0.15) is 0 Å². The third-order valence-electron chi connectivity index (χ3n) is 3.00. The van der Waals surface area contributed by atoms with Gasteiger partial charge in [-0.05, 0) is 25.3 Å². The highest BCUT2D eigenvalue weighted by atomic mass is 16.4. The second-order valence-corrected chi connectivity index (χ2v) is 4.18. The number of carboxylic acid groups (broad SMARTS) is 1. The number of carbonyl (C=O) groups is 2. The van der Waals surface area contributed by atoms with E-state index >= 15 is 0 Å². The molecule has 0 atom stereocenters. The maximum Gasteiger partial charge on any atom is 0.329 e. The molecule has 3 N–H and O–H groups in total. The van der Waals surface area contributed by atoms with Crippen LogP contribution in [0.3, 0.4) is 0 Å². The fourth-order valence-corrected chi connectivity index (χ4v) is 1.76. The Morgan fingerprint density at radius 3 is 2.71 bits per heavy atom. The van der Waals surface area contributed by atoms with Crippen molar-refractivity contribution in [2.24, 2.45) is 0 Å². The van der Waals surface area contributed by atoms with E-state index in [4.69, 9.17) is 9.52 Å². The molecule has 0 unspecified atom stereocenters. The molecule has 0 spiro atoms. The summed E-state index contributed by atoms with van der Waals surface area (Å²) in [5.41, 5.74) is -0.237. The Kier molecular flexibility index (Phi) is 3.03. The SMILES string of the molecule is O=C(NCc1ccoc1)NC1(C(=O)O)CCC1. The Morgan fingerprint density at radius 2 is 2.24 bits per heavy atom. The molecule has 1 aromatic heterocycles. The minimum Gasteiger partial charge on any atom is -0.480 e. The first-order valence-electron chi connectivity index (χ1n) is 5.43. The summed E-state index contributed by atoms with van der Waals surface area (Å²) in [5.74, 6) is -0.970. The van der Waals surface area contributed by atoms with Crippen molar-refractivity contribution in [1.82, 2.24) is 10.6 Å². The average Bonchev–Trinajstić information content (AvgIpc) is 2.72. The lowest BCUT2D eigenvalue weighted by atomic mass is 9.77. The molecule has 2 amide bonds. The molecular weight excluding hydrogens is 224 g/mol. The van der Waals surface area contributed by atoms with E-state index in [1.54, 1.807) is 6.07 Å². The van der Waals surface area contributed by atoms with Gasteiger partial charge in [0.05, 0.1) is 12.5 Å². The van der Waals surface area contributed by atoms with Gasteiger partial charge < -0.3 is 20.2 Å². The molecule has 6 nitrogen and oxygen atoms in total. The summed E-state index contributed by atoms with van der Waals surface area (Å²) in [6, 6.07) is 1.27. The fraction of sp³-hybridized carbons (Fsp3) is 0.455. The fourth-order valence-electron chi connectivity index (χ4n) is 1.76. The average molecular weight is 238 g/mol. The van der Waals surface area contributed by atoms with Crippen LogP contribution in [-0.4, -0.2) is 22.6 Å². The number of carbonyl (C=O) groups excluding carboxylic acids is 1. The first-order valence-corrected chi connectivity index (χ1v) is 5.43. The zero-order chi connectivity index (χ0) is 12.3. The van der Waals surface area contributed by atoms with Crippen LogP contribution in [0, 0.1) is 0 Å². The summed E-state index contributed by atoms with van der Waals surface area (Å²) >= 11 is 0. The van der Waals surface area contributed by atoms with Crippen LogP contribution in [0.2, 0.25) is 0 Å². The van der Waals surface area contributed by atoms with Crippen molar-refractivity contribution in [3.8, 4) is 0 Å². The molecule has 2 rings (SSSR count). The Bertz CT molecular complexity index is 409. The van der Waals surface area contributed by atoms with Crippen molar-refractivity contribution >= 4 is 12.0 Å². The standard InChI is InChI=1S/C11H14N2O4/c14-9(15)11(3-1-4-11)13-10(16)12-6-8-2-5-17-7-8/h2,5,7H,1,3-4,6H2,(H,14,15)(H2,12,13,16). The van der Waals surface area contributed by atoms with Crippen LogP contribution in [0.1, 0.15) is 24.8 Å². The van der Waals surface area contributed by atoms with Gasteiger partial charge >= 0.3 is 12.0 Å². The summed E-state index contributed by atoms with van der Waals surface area (Å²) in [7, 11) is 0. The predicted octanol–water partition coefficient (Wildman–Crippen LogP) is 1.09. The van der Waals surface area contributed by atoms with E-state index in [0.717, 1.165) is 12.0 Å². The molecular formula is C11H14N2O4. The minimum absolute atomic E-state index is 0.317. The molecule has 0 aliphatic heterocycles. The number of amides is 2. The quantitative estimate of drug-likeness (QED) is 0.732. The van der Waals surface area contributed by atoms with Gasteiger partial charge in [0.2, 0.25) is 0 Å². The zero-order valence-electron chi connectivity index (χ0n) is 9.23. The maximum atomic E-state index is 11.5. The zero-order valence-corrected chi connectivity index (χ0v) is 9.23. The number of hydrogen-bond donors (Lipinski definition) is 3. The number of rotatable bonds is 4. The number of urea groups is 1. The molecule has 92 valence electrons. The van der Waals surface area contributed by atoms with Crippen LogP contribution in [0.4, 0.5) is 4.79 Å².